The molecule has 2 rings (SSSR count). The van der Waals surface area contributed by atoms with Crippen molar-refractivity contribution in [2.75, 3.05) is 0 Å². The van der Waals surface area contributed by atoms with E-state index in [0.717, 1.165) is 29.7 Å². The van der Waals surface area contributed by atoms with Gasteiger partial charge < -0.3 is 4.74 Å². The van der Waals surface area contributed by atoms with Crippen LogP contribution in [0.4, 0.5) is 0 Å². The van der Waals surface area contributed by atoms with E-state index in [9.17, 15) is 4.79 Å². The number of rotatable bonds is 17. The van der Waals surface area contributed by atoms with Crippen molar-refractivity contribution in [3.8, 4) is 5.75 Å². The second-order valence-electron chi connectivity index (χ2n) is 8.53. The molecule has 0 aliphatic carbocycles. The predicted molar refractivity (Wildman–Crippen MR) is 139 cm³/mol. The topological polar surface area (TPSA) is 50.7 Å². The van der Waals surface area contributed by atoms with E-state index in [1.54, 1.807) is 6.21 Å². The van der Waals surface area contributed by atoms with Crippen LogP contribution in [0.1, 0.15) is 95.1 Å². The largest absolute Gasteiger partial charge is 0.488 e. The van der Waals surface area contributed by atoms with Crippen molar-refractivity contribution in [1.82, 2.24) is 5.43 Å². The number of carbonyl (C=O) groups is 1. The molecule has 0 atom stereocenters. The van der Waals surface area contributed by atoms with Crippen LogP contribution in [0.3, 0.4) is 0 Å². The van der Waals surface area contributed by atoms with Crippen molar-refractivity contribution in [2.24, 2.45) is 5.10 Å². The van der Waals surface area contributed by atoms with Crippen LogP contribution in [0.15, 0.2) is 53.6 Å². The summed E-state index contributed by atoms with van der Waals surface area (Å²) in [6.45, 7) is 2.69. The first-order valence-electron chi connectivity index (χ1n) is 12.5. The maximum atomic E-state index is 12.0. The molecule has 4 nitrogen and oxygen atoms in total. The van der Waals surface area contributed by atoms with Gasteiger partial charge >= 0.3 is 0 Å². The van der Waals surface area contributed by atoms with Gasteiger partial charge in [0.05, 0.1) is 6.21 Å². The lowest BCUT2D eigenvalue weighted by atomic mass is 10.1. The van der Waals surface area contributed by atoms with Gasteiger partial charge in [-0.15, -0.1) is 0 Å². The van der Waals surface area contributed by atoms with Gasteiger partial charge in [-0.2, -0.15) is 5.10 Å². The minimum absolute atomic E-state index is 0.0401. The molecule has 5 heteroatoms. The Morgan fingerprint density at radius 2 is 1.48 bits per heavy atom. The van der Waals surface area contributed by atoms with Crippen LogP contribution in [0.5, 0.6) is 5.75 Å². The molecule has 180 valence electrons. The standard InChI is InChI=1S/C28H39ClN2O2/c1-2-3-4-5-6-7-8-9-10-11-12-17-28(32)31-30-22-25-15-13-14-16-27(25)33-23-24-18-20-26(29)21-19-24/h13-16,18-22H,2-12,17,23H2,1H3,(H,31,32). The van der Waals surface area contributed by atoms with Gasteiger partial charge in [0, 0.05) is 17.0 Å². The fourth-order valence-corrected chi connectivity index (χ4v) is 3.77. The minimum atomic E-state index is -0.0401. The second kappa shape index (κ2) is 17.2. The third-order valence-electron chi connectivity index (χ3n) is 5.63. The summed E-state index contributed by atoms with van der Waals surface area (Å²) >= 11 is 5.93. The highest BCUT2D eigenvalue weighted by atomic mass is 35.5. The lowest BCUT2D eigenvalue weighted by molar-refractivity contribution is -0.121. The van der Waals surface area contributed by atoms with Crippen LogP contribution < -0.4 is 10.2 Å². The first-order chi connectivity index (χ1) is 16.2. The second-order valence-corrected chi connectivity index (χ2v) is 8.97. The Bertz CT molecular complexity index is 821. The highest BCUT2D eigenvalue weighted by Crippen LogP contribution is 2.18. The van der Waals surface area contributed by atoms with Crippen LogP contribution in [-0.2, 0) is 11.4 Å². The molecule has 2 aromatic carbocycles. The molecule has 0 aromatic heterocycles. The number of nitrogens with zero attached hydrogens (tertiary/aromatic N) is 1. The summed E-state index contributed by atoms with van der Waals surface area (Å²) in [5.41, 5.74) is 4.49. The molecule has 0 aliphatic rings. The maximum Gasteiger partial charge on any atom is 0.240 e. The molecule has 1 amide bonds. The smallest absolute Gasteiger partial charge is 0.240 e. The van der Waals surface area contributed by atoms with E-state index in [4.69, 9.17) is 16.3 Å². The summed E-state index contributed by atoms with van der Waals surface area (Å²) in [6, 6.07) is 15.2. The molecule has 0 heterocycles. The Kier molecular flexibility index (Phi) is 14.0. The van der Waals surface area contributed by atoms with Crippen molar-refractivity contribution in [3.05, 3.63) is 64.7 Å². The van der Waals surface area contributed by atoms with Crippen molar-refractivity contribution in [1.29, 1.82) is 0 Å². The number of hydrogen-bond acceptors (Lipinski definition) is 3. The SMILES string of the molecule is CCCCCCCCCCCCCC(=O)NN=Cc1ccccc1OCc1ccc(Cl)cc1. The predicted octanol–water partition coefficient (Wildman–Crippen LogP) is 8.07. The van der Waals surface area contributed by atoms with E-state index in [0.29, 0.717) is 18.1 Å². The number of nitrogens with one attached hydrogen (secondary N) is 1. The van der Waals surface area contributed by atoms with Crippen LogP contribution in [0.25, 0.3) is 0 Å². The van der Waals surface area contributed by atoms with E-state index >= 15 is 0 Å². The van der Waals surface area contributed by atoms with E-state index in [1.165, 1.54) is 57.8 Å². The van der Waals surface area contributed by atoms with E-state index in [1.807, 2.05) is 48.5 Å². The molecule has 0 saturated carbocycles. The fourth-order valence-electron chi connectivity index (χ4n) is 3.64. The normalized spacial score (nSPS) is 11.1. The summed E-state index contributed by atoms with van der Waals surface area (Å²) in [5.74, 6) is 0.678. The number of amides is 1. The number of carbonyl (C=O) groups excluding carboxylic acids is 1. The third kappa shape index (κ3) is 12.5. The Hall–Kier alpha value is -2.33. The first kappa shape index (κ1) is 26.9. The molecule has 0 saturated heterocycles. The van der Waals surface area contributed by atoms with Gasteiger partial charge in [0.25, 0.3) is 0 Å². The lowest BCUT2D eigenvalue weighted by Crippen LogP contribution is -2.17. The minimum Gasteiger partial charge on any atom is -0.488 e. The van der Waals surface area contributed by atoms with Crippen LogP contribution >= 0.6 is 11.6 Å². The van der Waals surface area contributed by atoms with Gasteiger partial charge in [0.2, 0.25) is 5.91 Å². The average molecular weight is 471 g/mol. The Balaban J connectivity index is 1.58. The van der Waals surface area contributed by atoms with Gasteiger partial charge in [0.15, 0.2) is 0 Å². The molecule has 33 heavy (non-hydrogen) atoms. The number of para-hydroxylation sites is 1. The van der Waals surface area contributed by atoms with Gasteiger partial charge in [-0.3, -0.25) is 4.79 Å². The van der Waals surface area contributed by atoms with Crippen LogP contribution in [-0.4, -0.2) is 12.1 Å². The zero-order valence-corrected chi connectivity index (χ0v) is 20.8. The zero-order valence-electron chi connectivity index (χ0n) is 20.0. The highest BCUT2D eigenvalue weighted by molar-refractivity contribution is 6.30. The molecule has 0 fully saturated rings. The summed E-state index contributed by atoms with van der Waals surface area (Å²) in [5, 5.41) is 4.82. The fraction of sp³-hybridized carbons (Fsp3) is 0.500. The van der Waals surface area contributed by atoms with Gasteiger partial charge in [-0.1, -0.05) is 107 Å². The number of benzene rings is 2. The summed E-state index contributed by atoms with van der Waals surface area (Å²) in [6.07, 6.45) is 16.2. The molecule has 0 radical (unpaired) electrons. The first-order valence-corrected chi connectivity index (χ1v) is 12.8. The molecule has 1 N–H and O–H groups in total. The monoisotopic (exact) mass is 470 g/mol. The van der Waals surface area contributed by atoms with Crippen molar-refractivity contribution in [3.63, 3.8) is 0 Å². The molecule has 0 aliphatic heterocycles. The number of hydrogen-bond donors (Lipinski definition) is 1. The Morgan fingerprint density at radius 1 is 0.879 bits per heavy atom. The summed E-state index contributed by atoms with van der Waals surface area (Å²) in [4.78, 5) is 12.0. The lowest BCUT2D eigenvalue weighted by Gasteiger charge is -2.09. The number of ether oxygens (including phenoxy) is 1. The Labute approximate surface area is 204 Å². The molecular formula is C28H39ClN2O2. The van der Waals surface area contributed by atoms with Gasteiger partial charge in [-0.25, -0.2) is 5.43 Å². The molecule has 0 bridgehead atoms. The quantitative estimate of drug-likeness (QED) is 0.144. The van der Waals surface area contributed by atoms with Gasteiger partial charge in [0.1, 0.15) is 12.4 Å². The number of halogens is 1. The summed E-state index contributed by atoms with van der Waals surface area (Å²) in [7, 11) is 0. The van der Waals surface area contributed by atoms with Gasteiger partial charge in [-0.05, 0) is 36.2 Å². The summed E-state index contributed by atoms with van der Waals surface area (Å²) < 4.78 is 5.92. The van der Waals surface area contributed by atoms with Crippen molar-refractivity contribution < 1.29 is 9.53 Å². The van der Waals surface area contributed by atoms with Crippen molar-refractivity contribution >= 4 is 23.7 Å². The highest BCUT2D eigenvalue weighted by Gasteiger charge is 2.03. The Morgan fingerprint density at radius 3 is 2.15 bits per heavy atom. The van der Waals surface area contributed by atoms with E-state index < -0.39 is 0 Å². The van der Waals surface area contributed by atoms with Crippen LogP contribution in [0, 0.1) is 0 Å². The molecular weight excluding hydrogens is 432 g/mol. The number of unbranched alkanes of at least 4 members (excludes halogenated alkanes) is 10. The van der Waals surface area contributed by atoms with Crippen molar-refractivity contribution in [2.45, 2.75) is 90.6 Å². The average Bonchev–Trinajstić information content (AvgIpc) is 2.83. The maximum absolute atomic E-state index is 12.0. The molecule has 2 aromatic rings. The zero-order chi connectivity index (χ0) is 23.6. The molecule has 0 spiro atoms. The van der Waals surface area contributed by atoms with Crippen LogP contribution in [0.2, 0.25) is 5.02 Å². The number of hydrazone groups is 1. The molecule has 0 unspecified atom stereocenters. The third-order valence-corrected chi connectivity index (χ3v) is 5.88. The van der Waals surface area contributed by atoms with E-state index in [-0.39, 0.29) is 5.91 Å². The van der Waals surface area contributed by atoms with E-state index in [2.05, 4.69) is 17.5 Å².